The molecule has 1 aromatic carbocycles. The van der Waals surface area contributed by atoms with Gasteiger partial charge in [0.25, 0.3) is 0 Å². The number of benzene rings is 1. The molecule has 5 rings (SSSR count). The van der Waals surface area contributed by atoms with Gasteiger partial charge in [0.1, 0.15) is 18.3 Å². The molecule has 3 aliphatic heterocycles. The molecule has 27 heavy (non-hydrogen) atoms. The van der Waals surface area contributed by atoms with Gasteiger partial charge in [-0.3, -0.25) is 4.79 Å². The maximum atomic E-state index is 12.8. The number of piperidine rings is 3. The number of aromatic nitrogens is 3. The van der Waals surface area contributed by atoms with Crippen LogP contribution in [0.4, 0.5) is 5.69 Å². The van der Waals surface area contributed by atoms with Gasteiger partial charge in [-0.2, -0.15) is 0 Å². The minimum atomic E-state index is 0.119. The third kappa shape index (κ3) is 4.20. The van der Waals surface area contributed by atoms with Crippen molar-refractivity contribution in [2.75, 3.05) is 32.5 Å². The summed E-state index contributed by atoms with van der Waals surface area (Å²) in [6.45, 7) is 3.88. The molecule has 4 heterocycles. The summed E-state index contributed by atoms with van der Waals surface area (Å²) < 4.78 is 2.00. The van der Waals surface area contributed by atoms with E-state index in [0.717, 1.165) is 50.4 Å². The first-order valence-electron chi connectivity index (χ1n) is 9.97. The van der Waals surface area contributed by atoms with Crippen molar-refractivity contribution in [2.45, 2.75) is 32.0 Å². The molecule has 0 aliphatic carbocycles. The van der Waals surface area contributed by atoms with Gasteiger partial charge >= 0.3 is 0 Å². The molecular weight excluding hydrogens is 340 g/mol. The normalized spacial score (nSPS) is 27.1. The van der Waals surface area contributed by atoms with Crippen LogP contribution in [-0.2, 0) is 17.9 Å². The third-order valence-corrected chi connectivity index (χ3v) is 5.96. The van der Waals surface area contributed by atoms with Crippen molar-refractivity contribution in [2.24, 2.45) is 11.8 Å². The Balaban J connectivity index is 1.36. The van der Waals surface area contributed by atoms with Crippen LogP contribution in [0.2, 0.25) is 0 Å². The van der Waals surface area contributed by atoms with Crippen LogP contribution in [-0.4, -0.2) is 54.1 Å². The number of carbonyl (C=O) groups excluding carboxylic acids is 1. The van der Waals surface area contributed by atoms with Gasteiger partial charge in [-0.05, 0) is 18.1 Å². The fraction of sp³-hybridized carbons (Fsp3) is 0.550. The Hall–Kier alpha value is -2.25. The maximum Gasteiger partial charge on any atom is 0.233 e. The molecular formula is C20H30N6O+2. The average Bonchev–Trinajstić information content (AvgIpc) is 3.09. The molecule has 0 saturated carbocycles. The molecule has 3 aliphatic rings. The molecule has 7 heteroatoms. The van der Waals surface area contributed by atoms with E-state index < -0.39 is 0 Å². The third-order valence-electron chi connectivity index (χ3n) is 5.96. The Morgan fingerprint density at radius 1 is 1.33 bits per heavy atom. The highest BCUT2D eigenvalue weighted by atomic mass is 16.2. The van der Waals surface area contributed by atoms with Gasteiger partial charge < -0.3 is 15.1 Å². The SMILES string of the molecule is C[NH+](C)Cc1cn(C[C@H]2C[C@@H]3CC[NH+]2C[C@@H]3C(=O)Nc2ccccc2)nn1. The van der Waals surface area contributed by atoms with Crippen molar-refractivity contribution >= 4 is 11.6 Å². The zero-order valence-electron chi connectivity index (χ0n) is 16.2. The molecule has 2 bridgehead atoms. The summed E-state index contributed by atoms with van der Waals surface area (Å²) in [6, 6.07) is 10.3. The number of rotatable bonds is 6. The molecule has 3 N–H and O–H groups in total. The molecule has 3 fully saturated rings. The van der Waals surface area contributed by atoms with Gasteiger partial charge in [0, 0.05) is 18.5 Å². The van der Waals surface area contributed by atoms with Crippen molar-refractivity contribution < 1.29 is 14.6 Å². The summed E-state index contributed by atoms with van der Waals surface area (Å²) in [4.78, 5) is 15.7. The number of nitrogens with zero attached hydrogens (tertiary/aromatic N) is 3. The van der Waals surface area contributed by atoms with Gasteiger partial charge in [0.15, 0.2) is 0 Å². The molecule has 0 spiro atoms. The van der Waals surface area contributed by atoms with Crippen LogP contribution in [0.5, 0.6) is 0 Å². The number of amides is 1. The number of para-hydroxylation sites is 1. The molecule has 2 aromatic rings. The molecule has 1 unspecified atom stereocenters. The van der Waals surface area contributed by atoms with Gasteiger partial charge in [0.2, 0.25) is 5.91 Å². The first-order valence-corrected chi connectivity index (χ1v) is 9.97. The number of quaternary nitrogens is 2. The Labute approximate surface area is 160 Å². The van der Waals surface area contributed by atoms with Gasteiger partial charge in [-0.25, -0.2) is 4.68 Å². The van der Waals surface area contributed by atoms with E-state index in [-0.39, 0.29) is 11.8 Å². The van der Waals surface area contributed by atoms with Crippen LogP contribution >= 0.6 is 0 Å². The monoisotopic (exact) mass is 370 g/mol. The quantitative estimate of drug-likeness (QED) is 0.602. The molecule has 7 nitrogen and oxygen atoms in total. The van der Waals surface area contributed by atoms with Crippen molar-refractivity contribution in [3.8, 4) is 0 Å². The number of carbonyl (C=O) groups is 1. The van der Waals surface area contributed by atoms with Gasteiger partial charge in [-0.15, -0.1) is 5.10 Å². The lowest BCUT2D eigenvalue weighted by Gasteiger charge is -2.46. The van der Waals surface area contributed by atoms with E-state index in [4.69, 9.17) is 0 Å². The first-order chi connectivity index (χ1) is 13.1. The lowest BCUT2D eigenvalue weighted by atomic mass is 9.75. The van der Waals surface area contributed by atoms with E-state index in [1.807, 2.05) is 35.0 Å². The summed E-state index contributed by atoms with van der Waals surface area (Å²) in [5.41, 5.74) is 1.93. The van der Waals surface area contributed by atoms with Crippen LogP contribution in [0, 0.1) is 11.8 Å². The zero-order chi connectivity index (χ0) is 18.8. The summed E-state index contributed by atoms with van der Waals surface area (Å²) in [5.74, 6) is 0.776. The highest BCUT2D eigenvalue weighted by molar-refractivity contribution is 5.92. The second-order valence-corrected chi connectivity index (χ2v) is 8.37. The van der Waals surface area contributed by atoms with Crippen molar-refractivity contribution in [3.05, 3.63) is 42.2 Å². The van der Waals surface area contributed by atoms with E-state index in [0.29, 0.717) is 12.0 Å². The minimum Gasteiger partial charge on any atom is -0.335 e. The second kappa shape index (κ2) is 7.78. The molecule has 0 radical (unpaired) electrons. The first kappa shape index (κ1) is 18.1. The van der Waals surface area contributed by atoms with Gasteiger partial charge in [-0.1, -0.05) is 23.4 Å². The van der Waals surface area contributed by atoms with Crippen molar-refractivity contribution in [1.82, 2.24) is 15.0 Å². The van der Waals surface area contributed by atoms with Crippen LogP contribution in [0.1, 0.15) is 18.5 Å². The van der Waals surface area contributed by atoms with Crippen LogP contribution in [0.25, 0.3) is 0 Å². The highest BCUT2D eigenvalue weighted by Crippen LogP contribution is 2.28. The predicted octanol–water partition coefficient (Wildman–Crippen LogP) is -1.15. The van der Waals surface area contributed by atoms with E-state index in [1.54, 1.807) is 4.90 Å². The lowest BCUT2D eigenvalue weighted by molar-refractivity contribution is -0.945. The van der Waals surface area contributed by atoms with Crippen LogP contribution in [0.3, 0.4) is 0 Å². The summed E-state index contributed by atoms with van der Waals surface area (Å²) in [6.07, 6.45) is 4.32. The fourth-order valence-corrected chi connectivity index (χ4v) is 4.67. The fourth-order valence-electron chi connectivity index (χ4n) is 4.67. The predicted molar refractivity (Wildman–Crippen MR) is 102 cm³/mol. The lowest BCUT2D eigenvalue weighted by Crippen LogP contribution is -3.20. The molecule has 3 saturated heterocycles. The summed E-state index contributed by atoms with van der Waals surface area (Å²) in [5, 5.41) is 11.7. The van der Waals surface area contributed by atoms with Crippen molar-refractivity contribution in [3.63, 3.8) is 0 Å². The van der Waals surface area contributed by atoms with E-state index in [1.165, 1.54) is 4.90 Å². The van der Waals surface area contributed by atoms with E-state index >= 15 is 0 Å². The van der Waals surface area contributed by atoms with E-state index in [2.05, 4.69) is 35.9 Å². The Kier molecular flexibility index (Phi) is 5.22. The number of nitrogens with one attached hydrogen (secondary N) is 3. The Morgan fingerprint density at radius 2 is 2.15 bits per heavy atom. The van der Waals surface area contributed by atoms with Gasteiger partial charge in [0.05, 0.1) is 45.8 Å². The highest BCUT2D eigenvalue weighted by Gasteiger charge is 2.46. The van der Waals surface area contributed by atoms with Crippen molar-refractivity contribution in [1.29, 1.82) is 0 Å². The molecule has 1 amide bonds. The topological polar surface area (TPSA) is 68.7 Å². The molecule has 144 valence electrons. The second-order valence-electron chi connectivity index (χ2n) is 8.37. The Morgan fingerprint density at radius 3 is 2.85 bits per heavy atom. The average molecular weight is 371 g/mol. The number of fused-ring (bicyclic) bond motifs is 3. The van der Waals surface area contributed by atoms with E-state index in [9.17, 15) is 4.79 Å². The minimum absolute atomic E-state index is 0.119. The van der Waals surface area contributed by atoms with Crippen LogP contribution < -0.4 is 15.1 Å². The molecule has 4 atom stereocenters. The summed E-state index contributed by atoms with van der Waals surface area (Å²) >= 11 is 0. The Bertz CT molecular complexity index is 774. The maximum absolute atomic E-state index is 12.8. The number of hydrogen-bond acceptors (Lipinski definition) is 3. The smallest absolute Gasteiger partial charge is 0.233 e. The number of anilines is 1. The number of hydrogen-bond donors (Lipinski definition) is 3. The standard InChI is InChI=1S/C20H28N6O/c1-24(2)11-17-12-26(23-22-17)13-18-10-15-8-9-25(18)14-19(15)20(27)21-16-6-4-3-5-7-16/h3-7,12,15,18-19H,8-11,13-14H2,1-2H3,(H,21,27)/p+2/t15-,18+,19-/m0/s1. The van der Waals surface area contributed by atoms with Crippen LogP contribution in [0.15, 0.2) is 36.5 Å². The molecule has 1 aromatic heterocycles. The largest absolute Gasteiger partial charge is 0.335 e. The summed E-state index contributed by atoms with van der Waals surface area (Å²) in [7, 11) is 4.24. The zero-order valence-corrected chi connectivity index (χ0v) is 16.2.